The Kier molecular flexibility index (Phi) is 5.63. The van der Waals surface area contributed by atoms with Crippen molar-refractivity contribution in [2.24, 2.45) is 13.0 Å². The van der Waals surface area contributed by atoms with E-state index in [2.05, 4.69) is 35.7 Å². The fraction of sp³-hybridized carbons (Fsp3) is 0.842. The van der Waals surface area contributed by atoms with Gasteiger partial charge in [0.25, 0.3) is 0 Å². The summed E-state index contributed by atoms with van der Waals surface area (Å²) in [5.74, 6) is 0.845. The zero-order chi connectivity index (χ0) is 17.3. The Morgan fingerprint density at radius 1 is 1.12 bits per heavy atom. The number of aromatic nitrogens is 2. The summed E-state index contributed by atoms with van der Waals surface area (Å²) in [4.78, 5) is 4.92. The third kappa shape index (κ3) is 3.84. The molecule has 5 heteroatoms. The van der Waals surface area contributed by atoms with Gasteiger partial charge in [-0.1, -0.05) is 6.92 Å². The number of rotatable bonds is 5. The molecule has 0 aromatic carbocycles. The molecule has 2 aliphatic heterocycles. The quantitative estimate of drug-likeness (QED) is 0.897. The highest BCUT2D eigenvalue weighted by Gasteiger charge is 2.31. The van der Waals surface area contributed by atoms with Crippen LogP contribution in [0, 0.1) is 19.8 Å². The molecule has 2 saturated heterocycles. The molecule has 3 rings (SSSR count). The number of β-amino-alcohol motifs (C(OH)–C–C–N with tert-alkyl or cyclic N) is 1. The van der Waals surface area contributed by atoms with E-state index in [0.717, 1.165) is 44.3 Å². The van der Waals surface area contributed by atoms with Crippen molar-refractivity contribution in [3.63, 3.8) is 0 Å². The van der Waals surface area contributed by atoms with Crippen LogP contribution in [0.3, 0.4) is 0 Å². The van der Waals surface area contributed by atoms with Gasteiger partial charge in [-0.2, -0.15) is 5.10 Å². The number of nitrogens with zero attached hydrogens (tertiary/aromatic N) is 4. The van der Waals surface area contributed by atoms with Gasteiger partial charge in [-0.25, -0.2) is 0 Å². The molecule has 0 bridgehead atoms. The van der Waals surface area contributed by atoms with Gasteiger partial charge < -0.3 is 10.0 Å². The van der Waals surface area contributed by atoms with E-state index in [9.17, 15) is 5.11 Å². The van der Waals surface area contributed by atoms with Crippen molar-refractivity contribution in [1.82, 2.24) is 19.6 Å². The van der Waals surface area contributed by atoms with Crippen molar-refractivity contribution in [2.45, 2.75) is 58.6 Å². The van der Waals surface area contributed by atoms with Gasteiger partial charge in [-0.05, 0) is 65.1 Å². The number of aliphatic hydroxyl groups excluding tert-OH is 1. The van der Waals surface area contributed by atoms with Gasteiger partial charge in [0, 0.05) is 37.4 Å². The van der Waals surface area contributed by atoms with Crippen LogP contribution in [-0.2, 0) is 7.05 Å². The third-order valence-corrected chi connectivity index (χ3v) is 6.05. The maximum atomic E-state index is 10.6. The Labute approximate surface area is 146 Å². The lowest BCUT2D eigenvalue weighted by Gasteiger charge is -2.33. The second-order valence-electron chi connectivity index (χ2n) is 8.00. The minimum Gasteiger partial charge on any atom is -0.390 e. The van der Waals surface area contributed by atoms with Crippen LogP contribution in [0.15, 0.2) is 0 Å². The predicted octanol–water partition coefficient (Wildman–Crippen LogP) is 2.27. The van der Waals surface area contributed by atoms with Crippen molar-refractivity contribution in [3.05, 3.63) is 17.0 Å². The van der Waals surface area contributed by atoms with Crippen LogP contribution < -0.4 is 0 Å². The van der Waals surface area contributed by atoms with Crippen molar-refractivity contribution in [2.75, 3.05) is 32.7 Å². The molecular formula is C19H34N4O. The SMILES string of the molecule is Cc1nn(C)c(C)c1[C@H]1CCCN1C[C@@H](O)CN1CCC(C)CC1. The Morgan fingerprint density at radius 3 is 2.46 bits per heavy atom. The molecule has 3 heterocycles. The Hall–Kier alpha value is -0.910. The molecule has 1 aromatic rings. The van der Waals surface area contributed by atoms with Crippen molar-refractivity contribution >= 4 is 0 Å². The average Bonchev–Trinajstić information content (AvgIpc) is 3.06. The summed E-state index contributed by atoms with van der Waals surface area (Å²) in [5.41, 5.74) is 3.80. The standard InChI is InChI=1S/C19H34N4O/c1-14-7-10-22(11-8-14)12-17(24)13-23-9-5-6-18(23)19-15(2)20-21(4)16(19)3/h14,17-18,24H,5-13H2,1-4H3/t17-,18+/m0/s1. The Bertz CT molecular complexity index is 548. The largest absolute Gasteiger partial charge is 0.390 e. The van der Waals surface area contributed by atoms with Gasteiger partial charge in [0.2, 0.25) is 0 Å². The number of hydrogen-bond donors (Lipinski definition) is 1. The molecule has 136 valence electrons. The van der Waals surface area contributed by atoms with Gasteiger partial charge in [0.15, 0.2) is 0 Å². The zero-order valence-corrected chi connectivity index (χ0v) is 15.8. The lowest BCUT2D eigenvalue weighted by molar-refractivity contribution is 0.0575. The molecule has 0 aliphatic carbocycles. The molecular weight excluding hydrogens is 300 g/mol. The molecule has 0 amide bonds. The smallest absolute Gasteiger partial charge is 0.0794 e. The molecule has 1 N–H and O–H groups in total. The molecule has 24 heavy (non-hydrogen) atoms. The third-order valence-electron chi connectivity index (χ3n) is 6.05. The first-order chi connectivity index (χ1) is 11.5. The molecule has 2 atom stereocenters. The van der Waals surface area contributed by atoms with Gasteiger partial charge in [-0.3, -0.25) is 9.58 Å². The van der Waals surface area contributed by atoms with E-state index in [-0.39, 0.29) is 6.10 Å². The van der Waals surface area contributed by atoms with Crippen LogP contribution in [0.4, 0.5) is 0 Å². The molecule has 5 nitrogen and oxygen atoms in total. The summed E-state index contributed by atoms with van der Waals surface area (Å²) in [5, 5.41) is 15.2. The fourth-order valence-corrected chi connectivity index (χ4v) is 4.51. The van der Waals surface area contributed by atoms with E-state index < -0.39 is 0 Å². The molecule has 2 fully saturated rings. The van der Waals surface area contributed by atoms with E-state index >= 15 is 0 Å². The molecule has 0 saturated carbocycles. The first-order valence-corrected chi connectivity index (χ1v) is 9.60. The van der Waals surface area contributed by atoms with Gasteiger partial charge >= 0.3 is 0 Å². The highest BCUT2D eigenvalue weighted by atomic mass is 16.3. The Balaban J connectivity index is 1.59. The summed E-state index contributed by atoms with van der Waals surface area (Å²) in [6.07, 6.45) is 4.69. The number of aliphatic hydroxyl groups is 1. The zero-order valence-electron chi connectivity index (χ0n) is 15.8. The number of hydrogen-bond acceptors (Lipinski definition) is 4. The van der Waals surface area contributed by atoms with Gasteiger partial charge in [0.1, 0.15) is 0 Å². The Morgan fingerprint density at radius 2 is 1.83 bits per heavy atom. The van der Waals surface area contributed by atoms with E-state index in [1.54, 1.807) is 0 Å². The summed E-state index contributed by atoms with van der Waals surface area (Å²) in [7, 11) is 2.03. The normalized spacial score (nSPS) is 25.5. The number of likely N-dealkylation sites (tertiary alicyclic amines) is 2. The van der Waals surface area contributed by atoms with E-state index in [1.807, 2.05) is 11.7 Å². The minimum absolute atomic E-state index is 0.253. The second-order valence-corrected chi connectivity index (χ2v) is 8.00. The average molecular weight is 335 g/mol. The van der Waals surface area contributed by atoms with E-state index in [1.165, 1.54) is 36.9 Å². The highest BCUT2D eigenvalue weighted by Crippen LogP contribution is 2.35. The van der Waals surface area contributed by atoms with Crippen molar-refractivity contribution in [1.29, 1.82) is 0 Å². The van der Waals surface area contributed by atoms with Crippen LogP contribution in [0.25, 0.3) is 0 Å². The van der Waals surface area contributed by atoms with Crippen molar-refractivity contribution < 1.29 is 5.11 Å². The van der Waals surface area contributed by atoms with Crippen molar-refractivity contribution in [3.8, 4) is 0 Å². The lowest BCUT2D eigenvalue weighted by Crippen LogP contribution is -2.43. The molecule has 0 spiro atoms. The van der Waals surface area contributed by atoms with Crippen LogP contribution >= 0.6 is 0 Å². The van der Waals surface area contributed by atoms with Crippen LogP contribution in [0.1, 0.15) is 55.6 Å². The van der Waals surface area contributed by atoms with Crippen LogP contribution in [-0.4, -0.2) is 63.5 Å². The van der Waals surface area contributed by atoms with E-state index in [0.29, 0.717) is 6.04 Å². The monoisotopic (exact) mass is 334 g/mol. The second kappa shape index (κ2) is 7.54. The summed E-state index contributed by atoms with van der Waals surface area (Å²) in [6, 6.07) is 0.426. The molecule has 0 radical (unpaired) electrons. The van der Waals surface area contributed by atoms with Crippen LogP contribution in [0.5, 0.6) is 0 Å². The van der Waals surface area contributed by atoms with Gasteiger partial charge in [0.05, 0.1) is 11.8 Å². The lowest BCUT2D eigenvalue weighted by atomic mass is 9.99. The van der Waals surface area contributed by atoms with Gasteiger partial charge in [-0.15, -0.1) is 0 Å². The summed E-state index contributed by atoms with van der Waals surface area (Å²) in [6.45, 7) is 11.6. The maximum absolute atomic E-state index is 10.6. The first-order valence-electron chi connectivity index (χ1n) is 9.60. The summed E-state index contributed by atoms with van der Waals surface area (Å²) >= 11 is 0. The minimum atomic E-state index is -0.253. The maximum Gasteiger partial charge on any atom is 0.0794 e. The van der Waals surface area contributed by atoms with E-state index in [4.69, 9.17) is 0 Å². The molecule has 2 aliphatic rings. The first kappa shape index (κ1) is 17.9. The summed E-state index contributed by atoms with van der Waals surface area (Å²) < 4.78 is 1.99. The van der Waals surface area contributed by atoms with Crippen LogP contribution in [0.2, 0.25) is 0 Å². The number of piperidine rings is 1. The topological polar surface area (TPSA) is 44.5 Å². The predicted molar refractivity (Wildman–Crippen MR) is 97.1 cm³/mol. The highest BCUT2D eigenvalue weighted by molar-refractivity contribution is 5.29. The molecule has 0 unspecified atom stereocenters. The number of aryl methyl sites for hydroxylation is 2. The molecule has 1 aromatic heterocycles. The fourth-order valence-electron chi connectivity index (χ4n) is 4.51.